The van der Waals surface area contributed by atoms with Crippen molar-refractivity contribution in [3.63, 3.8) is 0 Å². The minimum Gasteiger partial charge on any atom is -0.351 e. The van der Waals surface area contributed by atoms with Crippen LogP contribution >= 0.6 is 11.6 Å². The van der Waals surface area contributed by atoms with E-state index in [0.29, 0.717) is 4.90 Å². The fourth-order valence-electron chi connectivity index (χ4n) is 1.30. The molecule has 0 radical (unpaired) electrons. The first-order chi connectivity index (χ1) is 8.49. The smallest absolute Gasteiger partial charge is 0.328 e. The molecule has 1 unspecified atom stereocenters. The van der Waals surface area contributed by atoms with E-state index in [-0.39, 0.29) is 11.4 Å². The minimum absolute atomic E-state index is 0.00465. The van der Waals surface area contributed by atoms with Gasteiger partial charge in [-0.05, 0) is 12.1 Å². The van der Waals surface area contributed by atoms with Crippen molar-refractivity contribution in [1.82, 2.24) is 4.90 Å². The van der Waals surface area contributed by atoms with E-state index in [0.717, 1.165) is 0 Å². The lowest BCUT2D eigenvalue weighted by atomic mass is 10.1. The van der Waals surface area contributed by atoms with Gasteiger partial charge in [0, 0.05) is 17.4 Å². The van der Waals surface area contributed by atoms with E-state index in [2.05, 4.69) is 0 Å². The topological polar surface area (TPSA) is 80.5 Å². The Bertz CT molecular complexity index is 462. The standard InChI is InChI=1S/C12H13ClN2O3/c1-8(7-13)10(16)15(12(14)18)11(17)9-5-3-2-4-6-9/h2-6,8H,7H2,1H3,(H2,14,18). The summed E-state index contributed by atoms with van der Waals surface area (Å²) in [6.07, 6.45) is 0. The number of hydrogen-bond donors (Lipinski definition) is 1. The third-order valence-corrected chi connectivity index (χ3v) is 2.78. The van der Waals surface area contributed by atoms with Gasteiger partial charge in [-0.25, -0.2) is 4.79 Å². The maximum absolute atomic E-state index is 12.0. The fraction of sp³-hybridized carbons (Fsp3) is 0.250. The van der Waals surface area contributed by atoms with E-state index >= 15 is 0 Å². The predicted molar refractivity (Wildman–Crippen MR) is 67.1 cm³/mol. The van der Waals surface area contributed by atoms with E-state index < -0.39 is 23.8 Å². The number of benzene rings is 1. The van der Waals surface area contributed by atoms with Crippen molar-refractivity contribution in [1.29, 1.82) is 0 Å². The Kier molecular flexibility index (Phi) is 4.85. The number of rotatable bonds is 3. The van der Waals surface area contributed by atoms with E-state index in [4.69, 9.17) is 17.3 Å². The average Bonchev–Trinajstić information content (AvgIpc) is 2.38. The molecule has 1 aromatic carbocycles. The number of carbonyl (C=O) groups is 3. The number of halogens is 1. The number of alkyl halides is 1. The lowest BCUT2D eigenvalue weighted by Crippen LogP contribution is -2.47. The third kappa shape index (κ3) is 3.07. The molecule has 96 valence electrons. The van der Waals surface area contributed by atoms with Crippen LogP contribution in [0.5, 0.6) is 0 Å². The van der Waals surface area contributed by atoms with Gasteiger partial charge in [-0.3, -0.25) is 9.59 Å². The quantitative estimate of drug-likeness (QED) is 0.846. The van der Waals surface area contributed by atoms with Gasteiger partial charge in [-0.2, -0.15) is 4.90 Å². The summed E-state index contributed by atoms with van der Waals surface area (Å²) in [5.41, 5.74) is 5.28. The molecule has 0 aliphatic rings. The summed E-state index contributed by atoms with van der Waals surface area (Å²) < 4.78 is 0. The van der Waals surface area contributed by atoms with Crippen LogP contribution < -0.4 is 5.73 Å². The minimum atomic E-state index is -1.11. The Hall–Kier alpha value is -1.88. The first kappa shape index (κ1) is 14.2. The molecule has 2 N–H and O–H groups in total. The third-order valence-electron chi connectivity index (χ3n) is 2.32. The van der Waals surface area contributed by atoms with Crippen LogP contribution in [0.2, 0.25) is 0 Å². The molecular formula is C12H13ClN2O3. The van der Waals surface area contributed by atoms with Crippen molar-refractivity contribution >= 4 is 29.4 Å². The van der Waals surface area contributed by atoms with E-state index in [1.165, 1.54) is 19.1 Å². The molecule has 0 fully saturated rings. The van der Waals surface area contributed by atoms with Crippen LogP contribution in [-0.4, -0.2) is 28.6 Å². The van der Waals surface area contributed by atoms with Crippen LogP contribution in [0.3, 0.4) is 0 Å². The van der Waals surface area contributed by atoms with Crippen LogP contribution in [0.15, 0.2) is 30.3 Å². The fourth-order valence-corrected chi connectivity index (χ4v) is 1.44. The van der Waals surface area contributed by atoms with Crippen LogP contribution in [0.1, 0.15) is 17.3 Å². The SMILES string of the molecule is CC(CCl)C(=O)N(C(N)=O)C(=O)c1ccccc1. The van der Waals surface area contributed by atoms with Crippen LogP contribution in [0.25, 0.3) is 0 Å². The van der Waals surface area contributed by atoms with Gasteiger partial charge in [-0.15, -0.1) is 11.6 Å². The zero-order chi connectivity index (χ0) is 13.7. The highest BCUT2D eigenvalue weighted by Gasteiger charge is 2.30. The molecule has 0 saturated heterocycles. The predicted octanol–water partition coefficient (Wildman–Crippen LogP) is 1.61. The molecule has 6 heteroatoms. The van der Waals surface area contributed by atoms with Gasteiger partial charge < -0.3 is 5.73 Å². The summed E-state index contributed by atoms with van der Waals surface area (Å²) in [7, 11) is 0. The molecule has 18 heavy (non-hydrogen) atoms. The highest BCUT2D eigenvalue weighted by molar-refractivity contribution is 6.21. The van der Waals surface area contributed by atoms with Gasteiger partial charge in [0.25, 0.3) is 5.91 Å². The second kappa shape index (κ2) is 6.16. The Balaban J connectivity index is 3.04. The summed E-state index contributed by atoms with van der Waals surface area (Å²) >= 11 is 5.54. The molecule has 0 aromatic heterocycles. The van der Waals surface area contributed by atoms with Gasteiger partial charge in [0.2, 0.25) is 5.91 Å². The molecule has 0 aliphatic heterocycles. The molecular weight excluding hydrogens is 256 g/mol. The molecule has 0 bridgehead atoms. The summed E-state index contributed by atoms with van der Waals surface area (Å²) in [6, 6.07) is 6.86. The second-order valence-electron chi connectivity index (χ2n) is 3.74. The van der Waals surface area contributed by atoms with Crippen LogP contribution in [0, 0.1) is 5.92 Å². The largest absolute Gasteiger partial charge is 0.351 e. The monoisotopic (exact) mass is 268 g/mol. The number of imide groups is 3. The average molecular weight is 269 g/mol. The van der Waals surface area contributed by atoms with Crippen molar-refractivity contribution < 1.29 is 14.4 Å². The molecule has 0 spiro atoms. The number of nitrogens with zero attached hydrogens (tertiary/aromatic N) is 1. The number of nitrogens with two attached hydrogens (primary N) is 1. The second-order valence-corrected chi connectivity index (χ2v) is 4.05. The Morgan fingerprint density at radius 3 is 2.28 bits per heavy atom. The van der Waals surface area contributed by atoms with Crippen LogP contribution in [-0.2, 0) is 4.79 Å². The highest BCUT2D eigenvalue weighted by Crippen LogP contribution is 2.10. The zero-order valence-electron chi connectivity index (χ0n) is 9.80. The van der Waals surface area contributed by atoms with E-state index in [1.54, 1.807) is 18.2 Å². The number of hydrogen-bond acceptors (Lipinski definition) is 3. The first-order valence-electron chi connectivity index (χ1n) is 5.27. The molecule has 0 aliphatic carbocycles. The number of carbonyl (C=O) groups excluding carboxylic acids is 3. The number of amides is 4. The molecule has 5 nitrogen and oxygen atoms in total. The Morgan fingerprint density at radius 2 is 1.83 bits per heavy atom. The first-order valence-corrected chi connectivity index (χ1v) is 5.81. The van der Waals surface area contributed by atoms with E-state index in [9.17, 15) is 14.4 Å². The lowest BCUT2D eigenvalue weighted by Gasteiger charge is -2.19. The highest BCUT2D eigenvalue weighted by atomic mass is 35.5. The zero-order valence-corrected chi connectivity index (χ0v) is 10.6. The van der Waals surface area contributed by atoms with Crippen molar-refractivity contribution in [3.05, 3.63) is 35.9 Å². The van der Waals surface area contributed by atoms with Gasteiger partial charge >= 0.3 is 6.03 Å². The lowest BCUT2D eigenvalue weighted by molar-refractivity contribution is -0.129. The maximum atomic E-state index is 12.0. The van der Waals surface area contributed by atoms with Gasteiger partial charge in [0.1, 0.15) is 0 Å². The Labute approximate surface area is 110 Å². The summed E-state index contributed by atoms with van der Waals surface area (Å²) in [5.74, 6) is -2.10. The molecule has 0 heterocycles. The van der Waals surface area contributed by atoms with Crippen molar-refractivity contribution in [2.75, 3.05) is 5.88 Å². The summed E-state index contributed by atoms with van der Waals surface area (Å²) in [6.45, 7) is 1.52. The van der Waals surface area contributed by atoms with Gasteiger partial charge in [-0.1, -0.05) is 25.1 Å². The number of urea groups is 1. The van der Waals surface area contributed by atoms with Crippen LogP contribution in [0.4, 0.5) is 4.79 Å². The molecule has 1 aromatic rings. The van der Waals surface area contributed by atoms with Gasteiger partial charge in [0.15, 0.2) is 0 Å². The van der Waals surface area contributed by atoms with Gasteiger partial charge in [0.05, 0.1) is 0 Å². The van der Waals surface area contributed by atoms with Crippen molar-refractivity contribution in [2.24, 2.45) is 11.7 Å². The molecule has 1 atom stereocenters. The summed E-state index contributed by atoms with van der Waals surface area (Å²) in [4.78, 5) is 35.5. The normalized spacial score (nSPS) is 11.7. The maximum Gasteiger partial charge on any atom is 0.328 e. The molecule has 1 rings (SSSR count). The molecule has 4 amide bonds. The van der Waals surface area contributed by atoms with Crippen molar-refractivity contribution in [2.45, 2.75) is 6.92 Å². The molecule has 0 saturated carbocycles. The van der Waals surface area contributed by atoms with E-state index in [1.807, 2.05) is 0 Å². The Morgan fingerprint density at radius 1 is 1.28 bits per heavy atom. The number of primary amides is 1. The van der Waals surface area contributed by atoms with Crippen molar-refractivity contribution in [3.8, 4) is 0 Å². The summed E-state index contributed by atoms with van der Waals surface area (Å²) in [5, 5.41) is 0.